The van der Waals surface area contributed by atoms with Crippen LogP contribution >= 0.6 is 11.8 Å². The Morgan fingerprint density at radius 1 is 0.913 bits per heavy atom. The minimum absolute atomic E-state index is 0.0981. The molecule has 0 aliphatic heterocycles. The summed E-state index contributed by atoms with van der Waals surface area (Å²) in [6.45, 7) is 2.31. The van der Waals surface area contributed by atoms with E-state index >= 15 is 0 Å². The van der Waals surface area contributed by atoms with Gasteiger partial charge in [-0.3, -0.25) is 9.59 Å². The van der Waals surface area contributed by atoms with Crippen molar-refractivity contribution in [3.8, 4) is 0 Å². The third-order valence-corrected chi connectivity index (χ3v) is 4.23. The van der Waals surface area contributed by atoms with E-state index in [1.165, 1.54) is 12.5 Å². The van der Waals surface area contributed by atoms with E-state index in [4.69, 9.17) is 0 Å². The molecule has 0 aromatic heterocycles. The molecule has 0 saturated heterocycles. The molecule has 5 heteroatoms. The first-order valence-electron chi connectivity index (χ1n) is 7.44. The van der Waals surface area contributed by atoms with E-state index < -0.39 is 0 Å². The van der Waals surface area contributed by atoms with E-state index in [0.717, 1.165) is 10.6 Å². The topological polar surface area (TPSA) is 58.2 Å². The smallest absolute Gasteiger partial charge is 0.251 e. The normalized spacial score (nSPS) is 10.1. The zero-order valence-corrected chi connectivity index (χ0v) is 13.9. The van der Waals surface area contributed by atoms with Crippen LogP contribution in [-0.4, -0.2) is 24.9 Å². The van der Waals surface area contributed by atoms with Gasteiger partial charge in [0.25, 0.3) is 5.91 Å². The summed E-state index contributed by atoms with van der Waals surface area (Å²) in [4.78, 5) is 23.8. The zero-order valence-electron chi connectivity index (χ0n) is 13.0. The van der Waals surface area contributed by atoms with Crippen LogP contribution in [0.2, 0.25) is 0 Å². The number of nitrogens with one attached hydrogen (secondary N) is 2. The van der Waals surface area contributed by atoms with Crippen LogP contribution < -0.4 is 10.6 Å². The van der Waals surface area contributed by atoms with Gasteiger partial charge in [0.1, 0.15) is 0 Å². The summed E-state index contributed by atoms with van der Waals surface area (Å²) in [5.74, 6) is 0.678. The van der Waals surface area contributed by atoms with E-state index in [9.17, 15) is 9.59 Å². The molecule has 0 bridgehead atoms. The van der Waals surface area contributed by atoms with Gasteiger partial charge in [-0.1, -0.05) is 30.3 Å². The highest BCUT2D eigenvalue weighted by molar-refractivity contribution is 7.98. The number of amides is 2. The first kappa shape index (κ1) is 17.1. The number of thioether (sulfide) groups is 1. The molecule has 0 radical (unpaired) electrons. The van der Waals surface area contributed by atoms with Crippen LogP contribution in [0.4, 0.5) is 0 Å². The Balaban J connectivity index is 1.79. The number of rotatable bonds is 7. The third kappa shape index (κ3) is 6.16. The zero-order chi connectivity index (χ0) is 16.5. The van der Waals surface area contributed by atoms with Crippen molar-refractivity contribution < 1.29 is 9.59 Å². The van der Waals surface area contributed by atoms with E-state index in [2.05, 4.69) is 22.8 Å². The molecule has 2 rings (SSSR count). The molecule has 23 heavy (non-hydrogen) atoms. The standard InChI is InChI=1S/C18H20N2O2S/c1-14(21)19-11-12-20-18(22)16-7-9-17(10-8-16)23-13-15-5-3-2-4-6-15/h2-10H,11-13H2,1H3,(H,19,21)(H,20,22). The molecule has 0 heterocycles. The number of hydrogen-bond acceptors (Lipinski definition) is 3. The fourth-order valence-electron chi connectivity index (χ4n) is 1.96. The molecule has 2 aromatic rings. The quantitative estimate of drug-likeness (QED) is 0.607. The van der Waals surface area contributed by atoms with Crippen molar-refractivity contribution in [3.63, 3.8) is 0 Å². The second kappa shape index (κ2) is 9.00. The molecule has 0 spiro atoms. The predicted octanol–water partition coefficient (Wildman–Crippen LogP) is 2.84. The van der Waals surface area contributed by atoms with Crippen LogP contribution in [0.15, 0.2) is 59.5 Å². The van der Waals surface area contributed by atoms with Crippen LogP contribution in [0.3, 0.4) is 0 Å². The van der Waals surface area contributed by atoms with Crippen molar-refractivity contribution in [1.29, 1.82) is 0 Å². The van der Waals surface area contributed by atoms with Crippen LogP contribution in [0.1, 0.15) is 22.8 Å². The predicted molar refractivity (Wildman–Crippen MR) is 93.5 cm³/mol. The maximum Gasteiger partial charge on any atom is 0.251 e. The lowest BCUT2D eigenvalue weighted by molar-refractivity contribution is -0.118. The molecule has 2 N–H and O–H groups in total. The average Bonchev–Trinajstić information content (AvgIpc) is 2.58. The Kier molecular flexibility index (Phi) is 6.69. The van der Waals surface area contributed by atoms with Gasteiger partial charge >= 0.3 is 0 Å². The second-order valence-corrected chi connectivity index (χ2v) is 6.09. The van der Waals surface area contributed by atoms with Crippen LogP contribution in [0.25, 0.3) is 0 Å². The summed E-state index contributed by atoms with van der Waals surface area (Å²) in [5.41, 5.74) is 1.90. The molecule has 0 saturated carbocycles. The van der Waals surface area contributed by atoms with Gasteiger partial charge in [0, 0.05) is 36.2 Å². The SMILES string of the molecule is CC(=O)NCCNC(=O)c1ccc(SCc2ccccc2)cc1. The molecule has 4 nitrogen and oxygen atoms in total. The Morgan fingerprint density at radius 3 is 2.22 bits per heavy atom. The van der Waals surface area contributed by atoms with E-state index in [0.29, 0.717) is 18.7 Å². The van der Waals surface area contributed by atoms with Gasteiger partial charge in [-0.15, -0.1) is 11.8 Å². The van der Waals surface area contributed by atoms with Crippen LogP contribution in [0.5, 0.6) is 0 Å². The summed E-state index contributed by atoms with van der Waals surface area (Å²) in [6.07, 6.45) is 0. The van der Waals surface area contributed by atoms with Crippen molar-refractivity contribution in [2.45, 2.75) is 17.6 Å². The summed E-state index contributed by atoms with van der Waals surface area (Å²) in [6, 6.07) is 17.8. The lowest BCUT2D eigenvalue weighted by Gasteiger charge is -2.07. The number of benzene rings is 2. The Morgan fingerprint density at radius 2 is 1.57 bits per heavy atom. The minimum atomic E-state index is -0.130. The van der Waals surface area contributed by atoms with Gasteiger partial charge < -0.3 is 10.6 Å². The lowest BCUT2D eigenvalue weighted by atomic mass is 10.2. The fourth-order valence-corrected chi connectivity index (χ4v) is 2.81. The molecule has 0 aliphatic rings. The molecule has 0 aliphatic carbocycles. The summed E-state index contributed by atoms with van der Waals surface area (Å²) >= 11 is 1.74. The first-order valence-corrected chi connectivity index (χ1v) is 8.43. The van der Waals surface area contributed by atoms with Crippen LogP contribution in [0, 0.1) is 0 Å². The molecule has 0 atom stereocenters. The maximum absolute atomic E-state index is 11.9. The highest BCUT2D eigenvalue weighted by Gasteiger charge is 2.05. The molecule has 2 amide bonds. The first-order chi connectivity index (χ1) is 11.1. The van der Waals surface area contributed by atoms with Crippen molar-refractivity contribution in [2.24, 2.45) is 0 Å². The van der Waals surface area contributed by atoms with Crippen molar-refractivity contribution in [1.82, 2.24) is 10.6 Å². The van der Waals surface area contributed by atoms with E-state index in [1.54, 1.807) is 11.8 Å². The number of carbonyl (C=O) groups is 2. The molecular formula is C18H20N2O2S. The monoisotopic (exact) mass is 328 g/mol. The van der Waals surface area contributed by atoms with E-state index in [-0.39, 0.29) is 11.8 Å². The summed E-state index contributed by atoms with van der Waals surface area (Å²) < 4.78 is 0. The van der Waals surface area contributed by atoms with Crippen molar-refractivity contribution in [3.05, 3.63) is 65.7 Å². The van der Waals surface area contributed by atoms with Gasteiger partial charge in [0.2, 0.25) is 5.91 Å². The summed E-state index contributed by atoms with van der Waals surface area (Å²) in [7, 11) is 0. The average molecular weight is 328 g/mol. The largest absolute Gasteiger partial charge is 0.355 e. The van der Waals surface area contributed by atoms with Crippen LogP contribution in [-0.2, 0) is 10.5 Å². The van der Waals surface area contributed by atoms with Crippen molar-refractivity contribution in [2.75, 3.05) is 13.1 Å². The number of hydrogen-bond donors (Lipinski definition) is 2. The molecule has 120 valence electrons. The minimum Gasteiger partial charge on any atom is -0.355 e. The Hall–Kier alpha value is -2.27. The van der Waals surface area contributed by atoms with Gasteiger partial charge in [-0.2, -0.15) is 0 Å². The Labute approximate surface area is 140 Å². The van der Waals surface area contributed by atoms with Crippen molar-refractivity contribution >= 4 is 23.6 Å². The second-order valence-electron chi connectivity index (χ2n) is 5.04. The third-order valence-electron chi connectivity index (χ3n) is 3.15. The molecule has 0 fully saturated rings. The van der Waals surface area contributed by atoms with Gasteiger partial charge in [0.15, 0.2) is 0 Å². The molecule has 2 aromatic carbocycles. The summed E-state index contributed by atoms with van der Waals surface area (Å²) in [5, 5.41) is 5.41. The van der Waals surface area contributed by atoms with E-state index in [1.807, 2.05) is 42.5 Å². The highest BCUT2D eigenvalue weighted by atomic mass is 32.2. The maximum atomic E-state index is 11.9. The molecule has 0 unspecified atom stereocenters. The Bertz CT molecular complexity index is 642. The van der Waals surface area contributed by atoms with Gasteiger partial charge in [-0.05, 0) is 29.8 Å². The lowest BCUT2D eigenvalue weighted by Crippen LogP contribution is -2.33. The van der Waals surface area contributed by atoms with Gasteiger partial charge in [-0.25, -0.2) is 0 Å². The number of carbonyl (C=O) groups excluding carboxylic acids is 2. The molecular weight excluding hydrogens is 308 g/mol. The highest BCUT2D eigenvalue weighted by Crippen LogP contribution is 2.22. The fraction of sp³-hybridized carbons (Fsp3) is 0.222. The van der Waals surface area contributed by atoms with Gasteiger partial charge in [0.05, 0.1) is 0 Å².